The normalized spacial score (nSPS) is 10.5. The molecule has 0 spiro atoms. The second-order valence-corrected chi connectivity index (χ2v) is 5.18. The van der Waals surface area contributed by atoms with E-state index in [2.05, 4.69) is 6.58 Å². The first kappa shape index (κ1) is 14.3. The molecule has 0 aliphatic heterocycles. The van der Waals surface area contributed by atoms with E-state index in [0.717, 1.165) is 23.1 Å². The summed E-state index contributed by atoms with van der Waals surface area (Å²) in [5.74, 6) is 0.0853. The Morgan fingerprint density at radius 1 is 0.900 bits per heavy atom. The lowest BCUT2D eigenvalue weighted by Gasteiger charge is -2.17. The Kier molecular flexibility index (Phi) is 4.89. The van der Waals surface area contributed by atoms with Crippen LogP contribution in [0.3, 0.4) is 0 Å². The zero-order valence-corrected chi connectivity index (χ0v) is 11.9. The molecule has 20 heavy (non-hydrogen) atoms. The summed E-state index contributed by atoms with van der Waals surface area (Å²) in [4.78, 5) is 12.6. The standard InChI is InChI=1S/C19H20O/c1-15(2)13-14-18(20)19(16-9-5-3-6-10-16)17-11-7-4-8-12-17/h3-12,19H,1,13-14H2,2H3. The lowest BCUT2D eigenvalue weighted by atomic mass is 9.85. The molecule has 1 nitrogen and oxygen atoms in total. The van der Waals surface area contributed by atoms with Crippen molar-refractivity contribution in [2.75, 3.05) is 0 Å². The number of hydrogen-bond donors (Lipinski definition) is 0. The average Bonchev–Trinajstić information content (AvgIpc) is 2.48. The number of hydrogen-bond acceptors (Lipinski definition) is 1. The van der Waals surface area contributed by atoms with Crippen molar-refractivity contribution in [2.24, 2.45) is 0 Å². The molecule has 0 bridgehead atoms. The van der Waals surface area contributed by atoms with Gasteiger partial charge in [-0.05, 0) is 24.5 Å². The van der Waals surface area contributed by atoms with Crippen molar-refractivity contribution >= 4 is 5.78 Å². The quantitative estimate of drug-likeness (QED) is 0.688. The van der Waals surface area contributed by atoms with Gasteiger partial charge in [-0.1, -0.05) is 66.2 Å². The molecule has 0 saturated carbocycles. The third-order valence-electron chi connectivity index (χ3n) is 3.39. The predicted octanol–water partition coefficient (Wildman–Crippen LogP) is 4.74. The molecular formula is C19H20O. The summed E-state index contributed by atoms with van der Waals surface area (Å²) in [7, 11) is 0. The maximum absolute atomic E-state index is 12.6. The summed E-state index contributed by atoms with van der Waals surface area (Å²) in [6, 6.07) is 20.0. The molecule has 2 aromatic carbocycles. The molecule has 0 heterocycles. The van der Waals surface area contributed by atoms with Gasteiger partial charge in [0.05, 0.1) is 5.92 Å². The number of benzene rings is 2. The van der Waals surface area contributed by atoms with Crippen molar-refractivity contribution in [2.45, 2.75) is 25.7 Å². The fourth-order valence-electron chi connectivity index (χ4n) is 2.34. The molecule has 0 atom stereocenters. The van der Waals surface area contributed by atoms with E-state index in [1.807, 2.05) is 67.6 Å². The summed E-state index contributed by atoms with van der Waals surface area (Å²) in [6.45, 7) is 5.85. The van der Waals surface area contributed by atoms with Gasteiger partial charge < -0.3 is 0 Å². The minimum atomic E-state index is -0.170. The molecule has 102 valence electrons. The Bertz CT molecular complexity index is 530. The van der Waals surface area contributed by atoms with Gasteiger partial charge >= 0.3 is 0 Å². The van der Waals surface area contributed by atoms with Crippen molar-refractivity contribution in [3.8, 4) is 0 Å². The van der Waals surface area contributed by atoms with Crippen LogP contribution >= 0.6 is 0 Å². The van der Waals surface area contributed by atoms with Crippen molar-refractivity contribution < 1.29 is 4.79 Å². The first-order chi connectivity index (χ1) is 9.68. The molecule has 0 fully saturated rings. The second kappa shape index (κ2) is 6.85. The van der Waals surface area contributed by atoms with Gasteiger partial charge in [-0.2, -0.15) is 0 Å². The zero-order chi connectivity index (χ0) is 14.4. The van der Waals surface area contributed by atoms with E-state index < -0.39 is 0 Å². The van der Waals surface area contributed by atoms with Gasteiger partial charge in [-0.25, -0.2) is 0 Å². The van der Waals surface area contributed by atoms with E-state index in [0.29, 0.717) is 6.42 Å². The van der Waals surface area contributed by atoms with Gasteiger partial charge in [0.1, 0.15) is 5.78 Å². The second-order valence-electron chi connectivity index (χ2n) is 5.18. The molecule has 0 amide bonds. The molecule has 0 aliphatic carbocycles. The molecule has 0 aliphatic rings. The number of rotatable bonds is 6. The third-order valence-corrected chi connectivity index (χ3v) is 3.39. The Morgan fingerprint density at radius 3 is 1.75 bits per heavy atom. The van der Waals surface area contributed by atoms with Crippen LogP contribution in [0.15, 0.2) is 72.8 Å². The molecule has 1 heteroatoms. The molecule has 0 radical (unpaired) electrons. The van der Waals surface area contributed by atoms with E-state index in [1.54, 1.807) is 0 Å². The number of carbonyl (C=O) groups excluding carboxylic acids is 1. The SMILES string of the molecule is C=C(C)CCC(=O)C(c1ccccc1)c1ccccc1. The van der Waals surface area contributed by atoms with Crippen molar-refractivity contribution in [1.29, 1.82) is 0 Å². The monoisotopic (exact) mass is 264 g/mol. The minimum absolute atomic E-state index is 0.170. The molecule has 0 saturated heterocycles. The molecule has 2 aromatic rings. The van der Waals surface area contributed by atoms with Gasteiger partial charge in [-0.3, -0.25) is 4.79 Å². The van der Waals surface area contributed by atoms with Crippen LogP contribution in [0.2, 0.25) is 0 Å². The first-order valence-electron chi connectivity index (χ1n) is 6.95. The molecule has 2 rings (SSSR count). The largest absolute Gasteiger partial charge is 0.299 e. The summed E-state index contributed by atoms with van der Waals surface area (Å²) in [5.41, 5.74) is 3.18. The molecule has 0 N–H and O–H groups in total. The fourth-order valence-corrected chi connectivity index (χ4v) is 2.34. The van der Waals surface area contributed by atoms with Crippen molar-refractivity contribution in [1.82, 2.24) is 0 Å². The predicted molar refractivity (Wildman–Crippen MR) is 83.8 cm³/mol. The number of carbonyl (C=O) groups is 1. The van der Waals surface area contributed by atoms with Crippen LogP contribution in [0, 0.1) is 0 Å². The summed E-state index contributed by atoms with van der Waals surface area (Å²) in [6.07, 6.45) is 1.30. The van der Waals surface area contributed by atoms with E-state index >= 15 is 0 Å². The lowest BCUT2D eigenvalue weighted by Crippen LogP contribution is -2.14. The van der Waals surface area contributed by atoms with Crippen molar-refractivity contribution in [3.63, 3.8) is 0 Å². The Hall–Kier alpha value is -2.15. The number of ketones is 1. The summed E-state index contributed by atoms with van der Waals surface area (Å²) < 4.78 is 0. The summed E-state index contributed by atoms with van der Waals surface area (Å²) >= 11 is 0. The van der Waals surface area contributed by atoms with Crippen LogP contribution in [0.25, 0.3) is 0 Å². The molecule has 0 unspecified atom stereocenters. The minimum Gasteiger partial charge on any atom is -0.299 e. The first-order valence-corrected chi connectivity index (χ1v) is 6.95. The van der Waals surface area contributed by atoms with Crippen LogP contribution in [-0.4, -0.2) is 5.78 Å². The van der Waals surface area contributed by atoms with Gasteiger partial charge in [0.15, 0.2) is 0 Å². The smallest absolute Gasteiger partial charge is 0.145 e. The third kappa shape index (κ3) is 3.67. The average molecular weight is 264 g/mol. The summed E-state index contributed by atoms with van der Waals surface area (Å²) in [5, 5.41) is 0. The Labute approximate surface area is 121 Å². The maximum atomic E-state index is 12.6. The zero-order valence-electron chi connectivity index (χ0n) is 11.9. The Morgan fingerprint density at radius 2 is 1.35 bits per heavy atom. The number of allylic oxidation sites excluding steroid dienone is 1. The van der Waals surface area contributed by atoms with Gasteiger partial charge in [-0.15, -0.1) is 6.58 Å². The van der Waals surface area contributed by atoms with Gasteiger partial charge in [0.25, 0.3) is 0 Å². The van der Waals surface area contributed by atoms with Crippen LogP contribution in [-0.2, 0) is 4.79 Å². The fraction of sp³-hybridized carbons (Fsp3) is 0.211. The van der Waals surface area contributed by atoms with Gasteiger partial charge in [0, 0.05) is 6.42 Å². The Balaban J connectivity index is 2.30. The van der Waals surface area contributed by atoms with E-state index in [1.165, 1.54) is 0 Å². The highest BCUT2D eigenvalue weighted by atomic mass is 16.1. The maximum Gasteiger partial charge on any atom is 0.145 e. The van der Waals surface area contributed by atoms with Gasteiger partial charge in [0.2, 0.25) is 0 Å². The molecular weight excluding hydrogens is 244 g/mol. The lowest BCUT2D eigenvalue weighted by molar-refractivity contribution is -0.119. The topological polar surface area (TPSA) is 17.1 Å². The van der Waals surface area contributed by atoms with Crippen LogP contribution in [0.5, 0.6) is 0 Å². The highest BCUT2D eigenvalue weighted by Crippen LogP contribution is 2.27. The highest BCUT2D eigenvalue weighted by Gasteiger charge is 2.21. The number of Topliss-reactive ketones (excluding diaryl/α,β-unsaturated/α-hetero) is 1. The van der Waals surface area contributed by atoms with Crippen molar-refractivity contribution in [3.05, 3.63) is 83.9 Å². The van der Waals surface area contributed by atoms with Crippen LogP contribution in [0.1, 0.15) is 36.8 Å². The highest BCUT2D eigenvalue weighted by molar-refractivity contribution is 5.89. The van der Waals surface area contributed by atoms with E-state index in [9.17, 15) is 4.79 Å². The van der Waals surface area contributed by atoms with Crippen LogP contribution < -0.4 is 0 Å². The van der Waals surface area contributed by atoms with E-state index in [4.69, 9.17) is 0 Å². The van der Waals surface area contributed by atoms with Crippen LogP contribution in [0.4, 0.5) is 0 Å². The van der Waals surface area contributed by atoms with E-state index in [-0.39, 0.29) is 11.7 Å². The molecule has 0 aromatic heterocycles.